The number of rotatable bonds is 4. The second kappa shape index (κ2) is 7.09. The third kappa shape index (κ3) is 3.67. The van der Waals surface area contributed by atoms with Crippen LogP contribution in [0.15, 0.2) is 58.3 Å². The summed E-state index contributed by atoms with van der Waals surface area (Å²) in [4.78, 5) is 0.177. The van der Waals surface area contributed by atoms with Gasteiger partial charge in [0.2, 0.25) is 10.0 Å². The predicted octanol–water partition coefficient (Wildman–Crippen LogP) is 2.76. The Balaban J connectivity index is 1.88. The van der Waals surface area contributed by atoms with E-state index in [1.165, 1.54) is 22.5 Å². The first-order valence-corrected chi connectivity index (χ1v) is 11.3. The van der Waals surface area contributed by atoms with Crippen molar-refractivity contribution in [3.8, 4) is 0 Å². The SMILES string of the molecule is Cc1cccc(S(=O)(=O)N2CCCC(S(=O)(=O)c3ccc(F)cc3)C2)c1. The van der Waals surface area contributed by atoms with Crippen molar-refractivity contribution in [3.63, 3.8) is 0 Å². The Morgan fingerprint density at radius 1 is 1.00 bits per heavy atom. The molecule has 0 spiro atoms. The lowest BCUT2D eigenvalue weighted by Crippen LogP contribution is -2.45. The summed E-state index contributed by atoms with van der Waals surface area (Å²) in [5.41, 5.74) is 0.818. The molecule has 5 nitrogen and oxygen atoms in total. The third-order valence-electron chi connectivity index (χ3n) is 4.55. The molecular formula is C18H20FNO4S2. The zero-order valence-electron chi connectivity index (χ0n) is 14.3. The van der Waals surface area contributed by atoms with Crippen LogP contribution in [0.5, 0.6) is 0 Å². The number of piperidine rings is 1. The maximum atomic E-state index is 13.1. The van der Waals surface area contributed by atoms with Crippen LogP contribution < -0.4 is 0 Å². The van der Waals surface area contributed by atoms with Crippen LogP contribution in [-0.2, 0) is 19.9 Å². The van der Waals surface area contributed by atoms with E-state index in [-0.39, 0.29) is 22.9 Å². The van der Waals surface area contributed by atoms with Crippen molar-refractivity contribution in [1.29, 1.82) is 0 Å². The van der Waals surface area contributed by atoms with Gasteiger partial charge in [0.25, 0.3) is 0 Å². The van der Waals surface area contributed by atoms with Gasteiger partial charge in [-0.2, -0.15) is 4.31 Å². The quantitative estimate of drug-likeness (QED) is 0.744. The maximum Gasteiger partial charge on any atom is 0.243 e. The van der Waals surface area contributed by atoms with E-state index in [4.69, 9.17) is 0 Å². The van der Waals surface area contributed by atoms with Crippen LogP contribution in [0.2, 0.25) is 0 Å². The molecule has 2 aromatic carbocycles. The van der Waals surface area contributed by atoms with E-state index < -0.39 is 30.9 Å². The highest BCUT2D eigenvalue weighted by molar-refractivity contribution is 7.92. The highest BCUT2D eigenvalue weighted by Crippen LogP contribution is 2.27. The van der Waals surface area contributed by atoms with Gasteiger partial charge in [-0.05, 0) is 61.7 Å². The summed E-state index contributed by atoms with van der Waals surface area (Å²) in [6, 6.07) is 11.2. The Labute approximate surface area is 153 Å². The predicted molar refractivity (Wildman–Crippen MR) is 96.5 cm³/mol. The highest BCUT2D eigenvalue weighted by Gasteiger charge is 2.37. The summed E-state index contributed by atoms with van der Waals surface area (Å²) in [7, 11) is -7.49. The van der Waals surface area contributed by atoms with E-state index in [0.29, 0.717) is 12.8 Å². The summed E-state index contributed by atoms with van der Waals surface area (Å²) in [6.07, 6.45) is 0.829. The molecule has 0 aromatic heterocycles. The molecule has 0 amide bonds. The molecule has 1 heterocycles. The number of sulfonamides is 1. The van der Waals surface area contributed by atoms with Crippen molar-refractivity contribution >= 4 is 19.9 Å². The first-order chi connectivity index (χ1) is 12.2. The first-order valence-electron chi connectivity index (χ1n) is 8.27. The lowest BCUT2D eigenvalue weighted by Gasteiger charge is -2.31. The first kappa shape index (κ1) is 19.0. The van der Waals surface area contributed by atoms with Gasteiger partial charge >= 0.3 is 0 Å². The van der Waals surface area contributed by atoms with E-state index in [2.05, 4.69) is 0 Å². The second-order valence-electron chi connectivity index (χ2n) is 6.44. The minimum absolute atomic E-state index is 0.0127. The molecule has 2 aromatic rings. The smallest absolute Gasteiger partial charge is 0.223 e. The van der Waals surface area contributed by atoms with Crippen LogP contribution in [0.3, 0.4) is 0 Å². The molecule has 1 aliphatic rings. The molecule has 0 N–H and O–H groups in total. The third-order valence-corrected chi connectivity index (χ3v) is 8.60. The Hall–Kier alpha value is -1.77. The van der Waals surface area contributed by atoms with E-state index in [1.54, 1.807) is 25.1 Å². The summed E-state index contributed by atoms with van der Waals surface area (Å²) in [6.45, 7) is 1.98. The Morgan fingerprint density at radius 2 is 1.69 bits per heavy atom. The summed E-state index contributed by atoms with van der Waals surface area (Å²) < 4.78 is 65.7. The normalized spacial score (nSPS) is 19.4. The minimum atomic E-state index is -3.76. The zero-order valence-corrected chi connectivity index (χ0v) is 15.9. The van der Waals surface area contributed by atoms with Crippen LogP contribution >= 0.6 is 0 Å². The summed E-state index contributed by atoms with van der Waals surface area (Å²) in [5.74, 6) is -0.517. The Morgan fingerprint density at radius 3 is 2.35 bits per heavy atom. The fraction of sp³-hybridized carbons (Fsp3) is 0.333. The van der Waals surface area contributed by atoms with Crippen molar-refractivity contribution in [2.24, 2.45) is 0 Å². The van der Waals surface area contributed by atoms with Gasteiger partial charge in [0, 0.05) is 13.1 Å². The molecule has 1 fully saturated rings. The fourth-order valence-corrected chi connectivity index (χ4v) is 6.60. The average molecular weight is 397 g/mol. The topological polar surface area (TPSA) is 71.5 Å². The van der Waals surface area contributed by atoms with Gasteiger partial charge in [-0.15, -0.1) is 0 Å². The van der Waals surface area contributed by atoms with Crippen molar-refractivity contribution < 1.29 is 21.2 Å². The molecule has 0 saturated carbocycles. The van der Waals surface area contributed by atoms with Crippen LogP contribution in [0.4, 0.5) is 4.39 Å². The van der Waals surface area contributed by atoms with Gasteiger partial charge in [0.15, 0.2) is 9.84 Å². The second-order valence-corrected chi connectivity index (χ2v) is 10.6. The van der Waals surface area contributed by atoms with E-state index >= 15 is 0 Å². The molecule has 1 saturated heterocycles. The van der Waals surface area contributed by atoms with E-state index in [0.717, 1.165) is 17.7 Å². The van der Waals surface area contributed by atoms with Crippen LogP contribution in [0.25, 0.3) is 0 Å². The van der Waals surface area contributed by atoms with Gasteiger partial charge in [0.1, 0.15) is 5.82 Å². The van der Waals surface area contributed by atoms with Crippen LogP contribution in [0.1, 0.15) is 18.4 Å². The van der Waals surface area contributed by atoms with Crippen molar-refractivity contribution in [2.75, 3.05) is 13.1 Å². The van der Waals surface area contributed by atoms with Crippen LogP contribution in [-0.4, -0.2) is 39.5 Å². The van der Waals surface area contributed by atoms with Crippen LogP contribution in [0, 0.1) is 12.7 Å². The molecule has 1 aliphatic heterocycles. The number of hydrogen-bond donors (Lipinski definition) is 0. The maximum absolute atomic E-state index is 13.1. The van der Waals surface area contributed by atoms with Crippen molar-refractivity contribution in [2.45, 2.75) is 34.8 Å². The molecule has 140 valence electrons. The zero-order chi connectivity index (χ0) is 18.9. The summed E-state index contributed by atoms with van der Waals surface area (Å²) >= 11 is 0. The lowest BCUT2D eigenvalue weighted by atomic mass is 10.2. The Kier molecular flexibility index (Phi) is 5.18. The highest BCUT2D eigenvalue weighted by atomic mass is 32.2. The largest absolute Gasteiger partial charge is 0.243 e. The standard InChI is InChI=1S/C18H20FNO4S2/c1-14-4-2-5-17(12-14)26(23,24)20-11-3-6-18(13-20)25(21,22)16-9-7-15(19)8-10-16/h2,4-5,7-10,12,18H,3,6,11,13H2,1H3. The molecular weight excluding hydrogens is 377 g/mol. The molecule has 1 unspecified atom stereocenters. The van der Waals surface area contributed by atoms with E-state index in [9.17, 15) is 21.2 Å². The minimum Gasteiger partial charge on any atom is -0.223 e. The van der Waals surface area contributed by atoms with E-state index in [1.807, 2.05) is 0 Å². The van der Waals surface area contributed by atoms with Gasteiger partial charge in [-0.3, -0.25) is 0 Å². The monoisotopic (exact) mass is 397 g/mol. The number of benzene rings is 2. The molecule has 0 bridgehead atoms. The number of aryl methyl sites for hydroxylation is 1. The number of halogens is 1. The molecule has 1 atom stereocenters. The van der Waals surface area contributed by atoms with Gasteiger partial charge in [0.05, 0.1) is 15.0 Å². The van der Waals surface area contributed by atoms with Crippen molar-refractivity contribution in [1.82, 2.24) is 4.31 Å². The fourth-order valence-electron chi connectivity index (χ4n) is 3.12. The lowest BCUT2D eigenvalue weighted by molar-refractivity contribution is 0.346. The van der Waals surface area contributed by atoms with Gasteiger partial charge in [-0.1, -0.05) is 12.1 Å². The van der Waals surface area contributed by atoms with Crippen molar-refractivity contribution in [3.05, 3.63) is 59.9 Å². The molecule has 26 heavy (non-hydrogen) atoms. The summed E-state index contributed by atoms with van der Waals surface area (Å²) in [5, 5.41) is -0.846. The number of sulfone groups is 1. The molecule has 8 heteroatoms. The number of hydrogen-bond acceptors (Lipinski definition) is 4. The molecule has 3 rings (SSSR count). The molecule has 0 aliphatic carbocycles. The number of nitrogens with zero attached hydrogens (tertiary/aromatic N) is 1. The Bertz CT molecular complexity index is 1000. The molecule has 0 radical (unpaired) electrons. The van der Waals surface area contributed by atoms with Gasteiger partial charge < -0.3 is 0 Å². The average Bonchev–Trinajstić information content (AvgIpc) is 2.62. The van der Waals surface area contributed by atoms with Gasteiger partial charge in [-0.25, -0.2) is 21.2 Å².